The third kappa shape index (κ3) is 5.24. The van der Waals surface area contributed by atoms with Crippen LogP contribution in [0.5, 0.6) is 0 Å². The number of ether oxygens (including phenoxy) is 2. The summed E-state index contributed by atoms with van der Waals surface area (Å²) in [6.07, 6.45) is 7.43. The Morgan fingerprint density at radius 1 is 1.15 bits per heavy atom. The number of hydrogen-bond donors (Lipinski definition) is 1. The van der Waals surface area contributed by atoms with E-state index in [-0.39, 0.29) is 6.61 Å². The molecule has 0 aromatic carbocycles. The van der Waals surface area contributed by atoms with Gasteiger partial charge < -0.3 is 14.6 Å². The maximum Gasteiger partial charge on any atom is 0.0704 e. The Bertz CT molecular complexity index is 111. The van der Waals surface area contributed by atoms with Crippen molar-refractivity contribution in [2.24, 2.45) is 0 Å². The van der Waals surface area contributed by atoms with Crippen molar-refractivity contribution in [3.8, 4) is 0 Å². The van der Waals surface area contributed by atoms with Gasteiger partial charge in [-0.15, -0.1) is 0 Å². The summed E-state index contributed by atoms with van der Waals surface area (Å²) in [7, 11) is 0. The first-order chi connectivity index (χ1) is 6.43. The third-order valence-electron chi connectivity index (χ3n) is 2.20. The molecular formula is C10H19O3. The molecular weight excluding hydrogens is 168 g/mol. The first kappa shape index (κ1) is 11.0. The second-order valence-electron chi connectivity index (χ2n) is 3.27. The lowest BCUT2D eigenvalue weighted by Gasteiger charge is -2.21. The molecule has 0 atom stereocenters. The van der Waals surface area contributed by atoms with Crippen molar-refractivity contribution < 1.29 is 14.6 Å². The smallest absolute Gasteiger partial charge is 0.0704 e. The number of hydrogen-bond acceptors (Lipinski definition) is 3. The molecule has 1 radical (unpaired) electrons. The molecule has 77 valence electrons. The molecule has 0 aromatic rings. The minimum atomic E-state index is 0.0956. The first-order valence-corrected chi connectivity index (χ1v) is 5.05. The van der Waals surface area contributed by atoms with Gasteiger partial charge in [0.25, 0.3) is 0 Å². The molecule has 1 saturated carbocycles. The highest BCUT2D eigenvalue weighted by Crippen LogP contribution is 2.19. The summed E-state index contributed by atoms with van der Waals surface area (Å²) in [5.74, 6) is 0. The van der Waals surface area contributed by atoms with Crippen molar-refractivity contribution in [1.82, 2.24) is 0 Å². The Kier molecular flexibility index (Phi) is 6.15. The van der Waals surface area contributed by atoms with E-state index in [1.165, 1.54) is 12.8 Å². The third-order valence-corrected chi connectivity index (χ3v) is 2.20. The SMILES string of the molecule is OCCOCCOC1CC[CH]CC1. The van der Waals surface area contributed by atoms with Gasteiger partial charge >= 0.3 is 0 Å². The second-order valence-corrected chi connectivity index (χ2v) is 3.27. The van der Waals surface area contributed by atoms with Crippen LogP contribution in [0.15, 0.2) is 0 Å². The van der Waals surface area contributed by atoms with Crippen molar-refractivity contribution in [2.75, 3.05) is 26.4 Å². The van der Waals surface area contributed by atoms with Crippen LogP contribution in [0.4, 0.5) is 0 Å². The number of aliphatic hydroxyl groups is 1. The lowest BCUT2D eigenvalue weighted by molar-refractivity contribution is -0.0119. The lowest BCUT2D eigenvalue weighted by Crippen LogP contribution is -2.19. The Hall–Kier alpha value is -0.120. The summed E-state index contributed by atoms with van der Waals surface area (Å²) in [5, 5.41) is 8.44. The zero-order valence-electron chi connectivity index (χ0n) is 8.08. The number of aliphatic hydroxyl groups excluding tert-OH is 1. The maximum absolute atomic E-state index is 8.44. The fourth-order valence-electron chi connectivity index (χ4n) is 1.50. The van der Waals surface area contributed by atoms with Crippen LogP contribution in [-0.4, -0.2) is 37.6 Å². The summed E-state index contributed by atoms with van der Waals surface area (Å²) in [4.78, 5) is 0. The highest BCUT2D eigenvalue weighted by Gasteiger charge is 2.12. The topological polar surface area (TPSA) is 38.7 Å². The van der Waals surface area contributed by atoms with Gasteiger partial charge in [0.15, 0.2) is 0 Å². The fraction of sp³-hybridized carbons (Fsp3) is 0.900. The molecule has 1 aliphatic carbocycles. The standard InChI is InChI=1S/C10H19O3/c11-6-7-12-8-9-13-10-4-2-1-3-5-10/h1,10-11H,2-9H2. The summed E-state index contributed by atoms with van der Waals surface area (Å²) < 4.78 is 10.7. The van der Waals surface area contributed by atoms with Crippen LogP contribution in [0.2, 0.25) is 0 Å². The van der Waals surface area contributed by atoms with Gasteiger partial charge in [0.1, 0.15) is 0 Å². The van der Waals surface area contributed by atoms with Gasteiger partial charge in [-0.1, -0.05) is 0 Å². The van der Waals surface area contributed by atoms with E-state index in [0.717, 1.165) is 12.8 Å². The van der Waals surface area contributed by atoms with Gasteiger partial charge in [-0.05, 0) is 32.1 Å². The van der Waals surface area contributed by atoms with Gasteiger partial charge in [-0.2, -0.15) is 0 Å². The van der Waals surface area contributed by atoms with Gasteiger partial charge in [-0.25, -0.2) is 0 Å². The average Bonchev–Trinajstić information content (AvgIpc) is 2.19. The largest absolute Gasteiger partial charge is 0.394 e. The molecule has 1 fully saturated rings. The first-order valence-electron chi connectivity index (χ1n) is 5.05. The molecule has 1 aliphatic rings. The Morgan fingerprint density at radius 3 is 2.62 bits per heavy atom. The zero-order valence-corrected chi connectivity index (χ0v) is 8.08. The van der Waals surface area contributed by atoms with Crippen molar-refractivity contribution >= 4 is 0 Å². The molecule has 0 aliphatic heterocycles. The number of rotatable bonds is 6. The fourth-order valence-corrected chi connectivity index (χ4v) is 1.50. The monoisotopic (exact) mass is 187 g/mol. The molecule has 1 N–H and O–H groups in total. The van der Waals surface area contributed by atoms with E-state index in [2.05, 4.69) is 6.42 Å². The highest BCUT2D eigenvalue weighted by molar-refractivity contribution is 4.76. The summed E-state index contributed by atoms with van der Waals surface area (Å²) in [6, 6.07) is 0. The van der Waals surface area contributed by atoms with E-state index in [1.807, 2.05) is 0 Å². The van der Waals surface area contributed by atoms with Crippen LogP contribution in [0, 0.1) is 6.42 Å². The molecule has 0 heterocycles. The molecule has 0 amide bonds. The summed E-state index contributed by atoms with van der Waals surface area (Å²) in [5.41, 5.74) is 0. The minimum Gasteiger partial charge on any atom is -0.394 e. The van der Waals surface area contributed by atoms with E-state index >= 15 is 0 Å². The molecule has 3 nitrogen and oxygen atoms in total. The predicted molar refractivity (Wildman–Crippen MR) is 50.4 cm³/mol. The lowest BCUT2D eigenvalue weighted by atomic mass is 9.98. The summed E-state index contributed by atoms with van der Waals surface area (Å²) in [6.45, 7) is 1.77. The van der Waals surface area contributed by atoms with Crippen LogP contribution in [0.1, 0.15) is 25.7 Å². The van der Waals surface area contributed by atoms with Crippen LogP contribution < -0.4 is 0 Å². The Labute approximate surface area is 80.0 Å². The van der Waals surface area contributed by atoms with E-state index in [0.29, 0.717) is 25.9 Å². The summed E-state index contributed by atoms with van der Waals surface area (Å²) >= 11 is 0. The quantitative estimate of drug-likeness (QED) is 0.634. The van der Waals surface area contributed by atoms with E-state index in [1.54, 1.807) is 0 Å². The molecule has 13 heavy (non-hydrogen) atoms. The molecule has 0 saturated heterocycles. The van der Waals surface area contributed by atoms with Crippen molar-refractivity contribution in [2.45, 2.75) is 31.8 Å². The van der Waals surface area contributed by atoms with Gasteiger partial charge in [0, 0.05) is 0 Å². The maximum atomic E-state index is 8.44. The van der Waals surface area contributed by atoms with Crippen molar-refractivity contribution in [3.05, 3.63) is 6.42 Å². The predicted octanol–water partition coefficient (Wildman–Crippen LogP) is 1.16. The van der Waals surface area contributed by atoms with Crippen LogP contribution in [0.3, 0.4) is 0 Å². The van der Waals surface area contributed by atoms with E-state index < -0.39 is 0 Å². The van der Waals surface area contributed by atoms with Crippen molar-refractivity contribution in [3.63, 3.8) is 0 Å². The van der Waals surface area contributed by atoms with Crippen LogP contribution >= 0.6 is 0 Å². The van der Waals surface area contributed by atoms with Gasteiger partial charge in [-0.3, -0.25) is 0 Å². The van der Waals surface area contributed by atoms with Crippen molar-refractivity contribution in [1.29, 1.82) is 0 Å². The van der Waals surface area contributed by atoms with E-state index in [4.69, 9.17) is 14.6 Å². The van der Waals surface area contributed by atoms with Crippen LogP contribution in [-0.2, 0) is 9.47 Å². The van der Waals surface area contributed by atoms with Crippen LogP contribution in [0.25, 0.3) is 0 Å². The molecule has 0 unspecified atom stereocenters. The normalized spacial score (nSPS) is 19.2. The Balaban J connectivity index is 1.86. The zero-order chi connectivity index (χ0) is 9.36. The average molecular weight is 187 g/mol. The molecule has 0 spiro atoms. The Morgan fingerprint density at radius 2 is 1.92 bits per heavy atom. The van der Waals surface area contributed by atoms with E-state index in [9.17, 15) is 0 Å². The molecule has 0 bridgehead atoms. The highest BCUT2D eigenvalue weighted by atomic mass is 16.5. The minimum absolute atomic E-state index is 0.0956. The molecule has 1 rings (SSSR count). The van der Waals surface area contributed by atoms with Gasteiger partial charge in [0.05, 0.1) is 32.5 Å². The molecule has 0 aromatic heterocycles. The second kappa shape index (κ2) is 7.30. The van der Waals surface area contributed by atoms with Gasteiger partial charge in [0.2, 0.25) is 0 Å². The molecule has 3 heteroatoms.